The predicted octanol–water partition coefficient (Wildman–Crippen LogP) is 4.03. The molecule has 0 saturated carbocycles. The van der Waals surface area contributed by atoms with Gasteiger partial charge in [-0.2, -0.15) is 5.10 Å². The minimum absolute atomic E-state index is 0.134. The van der Waals surface area contributed by atoms with Crippen LogP contribution in [0.25, 0.3) is 11.3 Å². The summed E-state index contributed by atoms with van der Waals surface area (Å²) in [6.07, 6.45) is 0. The minimum atomic E-state index is -0.291. The topological polar surface area (TPSA) is 93.3 Å². The Labute approximate surface area is 184 Å². The summed E-state index contributed by atoms with van der Waals surface area (Å²) in [5.41, 5.74) is 2.79. The van der Waals surface area contributed by atoms with E-state index in [9.17, 15) is 9.59 Å². The van der Waals surface area contributed by atoms with Gasteiger partial charge >= 0.3 is 0 Å². The zero-order valence-electron chi connectivity index (χ0n) is 17.2. The molecule has 7 heteroatoms. The Bertz CT molecular complexity index is 1220. The van der Waals surface area contributed by atoms with Crippen LogP contribution < -0.4 is 20.3 Å². The van der Waals surface area contributed by atoms with Crippen molar-refractivity contribution in [3.05, 3.63) is 107 Å². The van der Waals surface area contributed by atoms with E-state index in [4.69, 9.17) is 9.47 Å². The molecule has 1 heterocycles. The average Bonchev–Trinajstić information content (AvgIpc) is 2.83. The highest BCUT2D eigenvalue weighted by Gasteiger charge is 2.07. The Morgan fingerprint density at radius 2 is 1.59 bits per heavy atom. The second kappa shape index (κ2) is 10.1. The molecule has 4 rings (SSSR count). The summed E-state index contributed by atoms with van der Waals surface area (Å²) < 4.78 is 11.3. The number of amides is 1. The van der Waals surface area contributed by atoms with Crippen molar-refractivity contribution in [2.75, 3.05) is 11.9 Å². The van der Waals surface area contributed by atoms with Gasteiger partial charge in [0.05, 0.1) is 5.69 Å². The lowest BCUT2D eigenvalue weighted by atomic mass is 10.1. The van der Waals surface area contributed by atoms with Gasteiger partial charge in [-0.05, 0) is 48.0 Å². The van der Waals surface area contributed by atoms with E-state index in [1.807, 2.05) is 36.4 Å². The predicted molar refractivity (Wildman–Crippen MR) is 122 cm³/mol. The zero-order valence-corrected chi connectivity index (χ0v) is 17.2. The van der Waals surface area contributed by atoms with Gasteiger partial charge in [-0.3, -0.25) is 9.59 Å². The monoisotopic (exact) mass is 427 g/mol. The van der Waals surface area contributed by atoms with Crippen LogP contribution in [0.1, 0.15) is 5.56 Å². The van der Waals surface area contributed by atoms with Crippen molar-refractivity contribution in [2.45, 2.75) is 6.61 Å². The maximum atomic E-state index is 12.3. The number of hydrogen-bond donors (Lipinski definition) is 2. The SMILES string of the molecule is O=C(COc1ccc(OCc2ccccc2)cc1)Nc1cccc(-c2ccc(=O)[nH]n2)c1. The van der Waals surface area contributed by atoms with Crippen molar-refractivity contribution < 1.29 is 14.3 Å². The number of hydrogen-bond acceptors (Lipinski definition) is 5. The standard InChI is InChI=1S/C25H21N3O4/c29-24-14-13-23(27-28-24)19-7-4-8-20(15-19)26-25(30)17-32-22-11-9-21(10-12-22)31-16-18-5-2-1-3-6-18/h1-15H,16-17H2,(H,26,30)(H,28,29). The number of rotatable bonds is 8. The molecular weight excluding hydrogens is 406 g/mol. The highest BCUT2D eigenvalue weighted by Crippen LogP contribution is 2.21. The van der Waals surface area contributed by atoms with Gasteiger partial charge < -0.3 is 14.8 Å². The van der Waals surface area contributed by atoms with E-state index in [0.29, 0.717) is 23.7 Å². The molecule has 1 aromatic heterocycles. The summed E-state index contributed by atoms with van der Waals surface area (Å²) >= 11 is 0. The van der Waals surface area contributed by atoms with Crippen LogP contribution in [0.5, 0.6) is 11.5 Å². The van der Waals surface area contributed by atoms with Gasteiger partial charge in [-0.25, -0.2) is 5.10 Å². The Hall–Kier alpha value is -4.39. The third kappa shape index (κ3) is 5.82. The van der Waals surface area contributed by atoms with Gasteiger partial charge in [0, 0.05) is 17.3 Å². The summed E-state index contributed by atoms with van der Waals surface area (Å²) in [4.78, 5) is 23.4. The Kier molecular flexibility index (Phi) is 6.57. The van der Waals surface area contributed by atoms with E-state index in [2.05, 4.69) is 15.5 Å². The largest absolute Gasteiger partial charge is 0.489 e. The van der Waals surface area contributed by atoms with Crippen LogP contribution >= 0.6 is 0 Å². The summed E-state index contributed by atoms with van der Waals surface area (Å²) in [7, 11) is 0. The number of aromatic nitrogens is 2. The van der Waals surface area contributed by atoms with E-state index in [1.54, 1.807) is 48.5 Å². The third-order valence-electron chi connectivity index (χ3n) is 4.56. The van der Waals surface area contributed by atoms with E-state index >= 15 is 0 Å². The molecule has 2 N–H and O–H groups in total. The highest BCUT2D eigenvalue weighted by atomic mass is 16.5. The lowest BCUT2D eigenvalue weighted by Gasteiger charge is -2.10. The van der Waals surface area contributed by atoms with Gasteiger partial charge in [0.15, 0.2) is 6.61 Å². The van der Waals surface area contributed by atoms with Crippen LogP contribution in [0.4, 0.5) is 5.69 Å². The van der Waals surface area contributed by atoms with Crippen LogP contribution in [-0.2, 0) is 11.4 Å². The van der Waals surface area contributed by atoms with Crippen molar-refractivity contribution in [1.82, 2.24) is 10.2 Å². The van der Waals surface area contributed by atoms with Crippen molar-refractivity contribution in [1.29, 1.82) is 0 Å². The first-order chi connectivity index (χ1) is 15.7. The number of H-pyrrole nitrogens is 1. The van der Waals surface area contributed by atoms with Gasteiger partial charge in [0.1, 0.15) is 18.1 Å². The summed E-state index contributed by atoms with van der Waals surface area (Å²) in [6, 6.07) is 27.2. The lowest BCUT2D eigenvalue weighted by Crippen LogP contribution is -2.20. The molecule has 0 spiro atoms. The van der Waals surface area contributed by atoms with E-state index in [1.165, 1.54) is 6.07 Å². The Morgan fingerprint density at radius 3 is 2.31 bits per heavy atom. The Morgan fingerprint density at radius 1 is 0.844 bits per heavy atom. The van der Waals surface area contributed by atoms with Crippen LogP contribution in [0, 0.1) is 0 Å². The molecule has 4 aromatic rings. The fourth-order valence-corrected chi connectivity index (χ4v) is 2.98. The Balaban J connectivity index is 1.28. The molecule has 32 heavy (non-hydrogen) atoms. The lowest BCUT2D eigenvalue weighted by molar-refractivity contribution is -0.118. The molecule has 7 nitrogen and oxygen atoms in total. The number of nitrogens with one attached hydrogen (secondary N) is 2. The maximum Gasteiger partial charge on any atom is 0.264 e. The number of aromatic amines is 1. The molecule has 0 aliphatic carbocycles. The summed E-state index contributed by atoms with van der Waals surface area (Å²) in [5, 5.41) is 9.19. The fraction of sp³-hybridized carbons (Fsp3) is 0.0800. The molecule has 0 aliphatic heterocycles. The van der Waals surface area contributed by atoms with Crippen molar-refractivity contribution in [3.8, 4) is 22.8 Å². The molecular formula is C25H21N3O4. The summed E-state index contributed by atoms with van der Waals surface area (Å²) in [5.74, 6) is 0.998. The second-order valence-corrected chi connectivity index (χ2v) is 6.97. The number of carbonyl (C=O) groups is 1. The first-order valence-corrected chi connectivity index (χ1v) is 10.0. The number of carbonyl (C=O) groups excluding carboxylic acids is 1. The van der Waals surface area contributed by atoms with Crippen molar-refractivity contribution >= 4 is 11.6 Å². The molecule has 0 saturated heterocycles. The minimum Gasteiger partial charge on any atom is -0.489 e. The number of anilines is 1. The van der Waals surface area contributed by atoms with Gasteiger partial charge in [-0.1, -0.05) is 42.5 Å². The molecule has 3 aromatic carbocycles. The number of nitrogens with zero attached hydrogens (tertiary/aromatic N) is 1. The molecule has 0 radical (unpaired) electrons. The zero-order chi connectivity index (χ0) is 22.2. The van der Waals surface area contributed by atoms with Crippen LogP contribution in [0.15, 0.2) is 95.8 Å². The van der Waals surface area contributed by atoms with Crippen molar-refractivity contribution in [3.63, 3.8) is 0 Å². The average molecular weight is 427 g/mol. The number of ether oxygens (including phenoxy) is 2. The van der Waals surface area contributed by atoms with Crippen molar-refractivity contribution in [2.24, 2.45) is 0 Å². The summed E-state index contributed by atoms with van der Waals surface area (Å²) in [6.45, 7) is 0.350. The van der Waals surface area contributed by atoms with Crippen LogP contribution in [0.3, 0.4) is 0 Å². The normalized spacial score (nSPS) is 10.4. The van der Waals surface area contributed by atoms with E-state index in [-0.39, 0.29) is 18.1 Å². The quantitative estimate of drug-likeness (QED) is 0.443. The molecule has 1 amide bonds. The fourth-order valence-electron chi connectivity index (χ4n) is 2.98. The molecule has 0 atom stereocenters. The van der Waals surface area contributed by atoms with Gasteiger partial charge in [0.2, 0.25) is 0 Å². The smallest absolute Gasteiger partial charge is 0.264 e. The molecule has 0 fully saturated rings. The third-order valence-corrected chi connectivity index (χ3v) is 4.56. The van der Waals surface area contributed by atoms with E-state index in [0.717, 1.165) is 16.9 Å². The first-order valence-electron chi connectivity index (χ1n) is 10.0. The van der Waals surface area contributed by atoms with Gasteiger partial charge in [-0.15, -0.1) is 0 Å². The second-order valence-electron chi connectivity index (χ2n) is 6.97. The highest BCUT2D eigenvalue weighted by molar-refractivity contribution is 5.92. The molecule has 0 unspecified atom stereocenters. The van der Waals surface area contributed by atoms with Gasteiger partial charge in [0.25, 0.3) is 11.5 Å². The maximum absolute atomic E-state index is 12.3. The molecule has 0 bridgehead atoms. The van der Waals surface area contributed by atoms with E-state index < -0.39 is 0 Å². The first kappa shape index (κ1) is 20.9. The molecule has 0 aliphatic rings. The number of benzene rings is 3. The van der Waals surface area contributed by atoms with Crippen LogP contribution in [0.2, 0.25) is 0 Å². The van der Waals surface area contributed by atoms with Crippen LogP contribution in [-0.4, -0.2) is 22.7 Å². The molecule has 160 valence electrons.